The number of amides is 1. The molecule has 1 amide bonds. The van der Waals surface area contributed by atoms with Crippen molar-refractivity contribution in [2.45, 2.75) is 55.0 Å². The number of hydrogen-bond donors (Lipinski definition) is 7. The van der Waals surface area contributed by atoms with Gasteiger partial charge in [0.2, 0.25) is 17.7 Å². The molecule has 1 aromatic carbocycles. The molecule has 1 aliphatic carbocycles. The summed E-state index contributed by atoms with van der Waals surface area (Å²) in [6, 6.07) is 5.17. The average molecular weight is 588 g/mol. The van der Waals surface area contributed by atoms with Crippen molar-refractivity contribution < 1.29 is 55.9 Å². The zero-order chi connectivity index (χ0) is 29.0. The summed E-state index contributed by atoms with van der Waals surface area (Å²) >= 11 is 0. The zero-order valence-corrected chi connectivity index (χ0v) is 21.2. The summed E-state index contributed by atoms with van der Waals surface area (Å²) in [5, 5.41) is 41.5. The number of nitrogens with two attached hydrogens (primary N) is 1. The maximum Gasteiger partial charge on any atom is 0.362 e. The van der Waals surface area contributed by atoms with Crippen LogP contribution >= 0.6 is 0 Å². The minimum atomic E-state index is -4.83. The van der Waals surface area contributed by atoms with Gasteiger partial charge in [-0.2, -0.15) is 22.2 Å². The number of hydrogen-bond acceptors (Lipinski definition) is 12. The molecule has 15 nitrogen and oxygen atoms in total. The maximum atomic E-state index is 14.7. The lowest BCUT2D eigenvalue weighted by atomic mass is 9.88. The molecule has 0 unspecified atom stereocenters. The van der Waals surface area contributed by atoms with Crippen molar-refractivity contribution >= 4 is 33.2 Å². The highest BCUT2D eigenvalue weighted by Crippen LogP contribution is 2.56. The molecular weight excluding hydrogens is 562 g/mol. The Hall–Kier alpha value is -3.39. The van der Waals surface area contributed by atoms with E-state index in [1.165, 1.54) is 46.2 Å². The Balaban J connectivity index is 1.20. The van der Waals surface area contributed by atoms with Gasteiger partial charge in [0, 0.05) is 6.42 Å². The van der Waals surface area contributed by atoms with Crippen LogP contribution in [0.5, 0.6) is 0 Å². The fourth-order valence-electron chi connectivity index (χ4n) is 4.89. The van der Waals surface area contributed by atoms with Gasteiger partial charge in [-0.1, -0.05) is 29.2 Å². The average Bonchev–Trinajstić information content (AvgIpc) is 3.50. The standard InChI is InChI=1S/C22H24F2N6O9S/c23-22(24)17(34)10-3-1-2-4-11(10)21(22,35)6-5-13(31)29-40(36,37)38-7-12-15(32)16(33)20(39-12)30-9-28-14-18(25)26-8-27-19(14)30/h1-4,8-9,12,15-17,20,32-35H,5-7H2,(H3,25,26,27,29,31)/p+1/t12-,15-,16-,17+,20-,21-/m1/s1. The van der Waals surface area contributed by atoms with Gasteiger partial charge in [-0.3, -0.25) is 14.0 Å². The lowest BCUT2D eigenvalue weighted by Gasteiger charge is -2.31. The van der Waals surface area contributed by atoms with Gasteiger partial charge in [0.05, 0.1) is 6.61 Å². The quantitative estimate of drug-likeness (QED) is 0.144. The van der Waals surface area contributed by atoms with E-state index in [2.05, 4.69) is 15.0 Å². The van der Waals surface area contributed by atoms with Crippen molar-refractivity contribution in [1.29, 1.82) is 0 Å². The number of alkyl halides is 2. The van der Waals surface area contributed by atoms with Crippen LogP contribution in [0.4, 0.5) is 14.6 Å². The minimum absolute atomic E-state index is 0.114. The van der Waals surface area contributed by atoms with E-state index in [4.69, 9.17) is 14.7 Å². The number of halogens is 2. The summed E-state index contributed by atoms with van der Waals surface area (Å²) in [6.07, 6.45) is -7.33. The summed E-state index contributed by atoms with van der Waals surface area (Å²) in [5.41, 5.74) is 2.92. The maximum absolute atomic E-state index is 14.7. The SMILES string of the molecule is Nc1ncnc2c1[nH]c[n+]2[C@@H]1O[C@H](COS(=O)(=O)NC(=O)CC[C@@]2(O)c3ccccc3[C@H](O)C2(F)F)[C@@H](O)[C@H]1O. The van der Waals surface area contributed by atoms with Crippen LogP contribution < -0.4 is 15.0 Å². The second-order valence-corrected chi connectivity index (χ2v) is 10.8. The number of nitrogens with zero attached hydrogens (tertiary/aromatic N) is 3. The number of aromatic amines is 1. The number of carbonyl (C=O) groups excluding carboxylic acids is 1. The molecule has 0 bridgehead atoms. The van der Waals surface area contributed by atoms with E-state index >= 15 is 0 Å². The van der Waals surface area contributed by atoms with E-state index < -0.39 is 77.8 Å². The van der Waals surface area contributed by atoms with E-state index in [0.717, 1.165) is 0 Å². The molecule has 18 heteroatoms. The molecule has 1 aliphatic heterocycles. The van der Waals surface area contributed by atoms with Gasteiger partial charge in [0.1, 0.15) is 24.4 Å². The molecule has 0 saturated carbocycles. The Kier molecular flexibility index (Phi) is 6.97. The number of fused-ring (bicyclic) bond motifs is 2. The van der Waals surface area contributed by atoms with Gasteiger partial charge < -0.3 is 30.9 Å². The second-order valence-electron chi connectivity index (χ2n) is 9.42. The summed E-state index contributed by atoms with van der Waals surface area (Å²) in [6.45, 7) is -0.834. The van der Waals surface area contributed by atoms with Crippen molar-refractivity contribution in [2.24, 2.45) is 0 Å². The van der Waals surface area contributed by atoms with Crippen LogP contribution in [0.3, 0.4) is 0 Å². The molecule has 0 spiro atoms. The highest BCUT2D eigenvalue weighted by molar-refractivity contribution is 7.85. The fraction of sp³-hybridized carbons (Fsp3) is 0.455. The topological polar surface area (TPSA) is 234 Å². The smallest absolute Gasteiger partial charge is 0.362 e. The molecule has 6 atom stereocenters. The Labute approximate surface area is 224 Å². The first kappa shape index (κ1) is 28.1. The number of benzene rings is 1. The van der Waals surface area contributed by atoms with Crippen LogP contribution in [0.25, 0.3) is 11.2 Å². The number of nitrogens with one attached hydrogen (secondary N) is 2. The molecule has 3 aromatic rings. The first-order chi connectivity index (χ1) is 18.8. The number of aliphatic hydroxyl groups is 4. The van der Waals surface area contributed by atoms with Gasteiger partial charge in [-0.15, -0.1) is 0 Å². The van der Waals surface area contributed by atoms with E-state index in [-0.39, 0.29) is 22.6 Å². The number of anilines is 1. The van der Waals surface area contributed by atoms with Crippen LogP contribution in [-0.2, 0) is 29.6 Å². The van der Waals surface area contributed by atoms with E-state index in [0.29, 0.717) is 5.52 Å². The second kappa shape index (κ2) is 9.91. The number of aromatic nitrogens is 4. The monoisotopic (exact) mass is 587 g/mol. The Morgan fingerprint density at radius 1 is 1.23 bits per heavy atom. The Morgan fingerprint density at radius 3 is 2.70 bits per heavy atom. The summed E-state index contributed by atoms with van der Waals surface area (Å²) in [7, 11) is -4.83. The molecule has 3 heterocycles. The third-order valence-electron chi connectivity index (χ3n) is 7.00. The molecule has 0 radical (unpaired) electrons. The number of nitrogen functional groups attached to an aromatic ring is 1. The van der Waals surface area contributed by atoms with Gasteiger partial charge in [-0.05, 0) is 17.5 Å². The third kappa shape index (κ3) is 4.56. The van der Waals surface area contributed by atoms with E-state index in [1.54, 1.807) is 0 Å². The first-order valence-corrected chi connectivity index (χ1v) is 13.3. The van der Waals surface area contributed by atoms with Gasteiger partial charge in [-0.25, -0.2) is 9.29 Å². The van der Waals surface area contributed by atoms with E-state index in [9.17, 15) is 42.4 Å². The van der Waals surface area contributed by atoms with Crippen LogP contribution in [0, 0.1) is 0 Å². The molecule has 2 aromatic heterocycles. The minimum Gasteiger partial charge on any atom is -0.387 e. The highest BCUT2D eigenvalue weighted by Gasteiger charge is 2.64. The van der Waals surface area contributed by atoms with Gasteiger partial charge >= 0.3 is 21.9 Å². The van der Waals surface area contributed by atoms with Crippen LogP contribution in [0.1, 0.15) is 36.3 Å². The van der Waals surface area contributed by atoms with Crippen LogP contribution in [0.2, 0.25) is 0 Å². The zero-order valence-electron chi connectivity index (χ0n) is 20.4. The van der Waals surface area contributed by atoms with Crippen molar-refractivity contribution in [2.75, 3.05) is 12.3 Å². The number of rotatable bonds is 8. The highest BCUT2D eigenvalue weighted by atomic mass is 32.2. The van der Waals surface area contributed by atoms with Gasteiger partial charge in [0.15, 0.2) is 24.1 Å². The number of imidazole rings is 1. The van der Waals surface area contributed by atoms with Crippen LogP contribution in [0.15, 0.2) is 36.9 Å². The number of ether oxygens (including phenoxy) is 1. The van der Waals surface area contributed by atoms with Crippen LogP contribution in [-0.4, -0.2) is 80.5 Å². The van der Waals surface area contributed by atoms with Gasteiger partial charge in [0.25, 0.3) is 0 Å². The molecule has 1 fully saturated rings. The first-order valence-electron chi connectivity index (χ1n) is 11.8. The number of carbonyl (C=O) groups is 1. The summed E-state index contributed by atoms with van der Waals surface area (Å²) in [4.78, 5) is 23.0. The normalized spacial score (nSPS) is 29.5. The largest absolute Gasteiger partial charge is 0.387 e. The fourth-order valence-corrected chi connectivity index (χ4v) is 5.65. The third-order valence-corrected chi connectivity index (χ3v) is 7.92. The van der Waals surface area contributed by atoms with E-state index in [1.807, 2.05) is 0 Å². The van der Waals surface area contributed by atoms with Crippen molar-refractivity contribution in [3.63, 3.8) is 0 Å². The summed E-state index contributed by atoms with van der Waals surface area (Å²) < 4.78 is 67.2. The number of aliphatic hydroxyl groups excluding tert-OH is 3. The predicted molar refractivity (Wildman–Crippen MR) is 127 cm³/mol. The summed E-state index contributed by atoms with van der Waals surface area (Å²) in [5.74, 6) is -5.21. The van der Waals surface area contributed by atoms with Crippen molar-refractivity contribution in [3.05, 3.63) is 48.0 Å². The number of H-pyrrole nitrogens is 1. The molecule has 8 N–H and O–H groups in total. The van der Waals surface area contributed by atoms with Crippen molar-refractivity contribution in [3.8, 4) is 0 Å². The van der Waals surface area contributed by atoms with Crippen molar-refractivity contribution in [1.82, 2.24) is 19.7 Å². The molecule has 5 rings (SSSR count). The lowest BCUT2D eigenvalue weighted by Crippen LogP contribution is -2.45. The molecule has 40 heavy (non-hydrogen) atoms. The molecule has 1 saturated heterocycles. The Bertz CT molecular complexity index is 1560. The molecule has 2 aliphatic rings. The molecule has 216 valence electrons. The lowest BCUT2D eigenvalue weighted by molar-refractivity contribution is -0.745. The molecular formula is C22H25F2N6O9S+. The predicted octanol–water partition coefficient (Wildman–Crippen LogP) is -1.83. The Morgan fingerprint density at radius 2 is 1.95 bits per heavy atom.